The van der Waals surface area contributed by atoms with Crippen LogP contribution in [0.25, 0.3) is 0 Å². The quantitative estimate of drug-likeness (QED) is 0.763. The fourth-order valence-electron chi connectivity index (χ4n) is 2.89. The van der Waals surface area contributed by atoms with E-state index in [1.807, 2.05) is 0 Å². The summed E-state index contributed by atoms with van der Waals surface area (Å²) in [6, 6.07) is 5.87. The molecular weight excluding hydrogens is 351 g/mol. The van der Waals surface area contributed by atoms with Crippen molar-refractivity contribution < 1.29 is 28.1 Å². The number of carbonyl (C=O) groups is 1. The van der Waals surface area contributed by atoms with Crippen LogP contribution in [0.3, 0.4) is 0 Å². The molecule has 0 aliphatic carbocycles. The van der Waals surface area contributed by atoms with E-state index in [2.05, 4.69) is 4.98 Å². The van der Waals surface area contributed by atoms with Gasteiger partial charge in [0.1, 0.15) is 10.7 Å². The van der Waals surface area contributed by atoms with Crippen LogP contribution in [0.1, 0.15) is 23.0 Å². The second kappa shape index (κ2) is 6.17. The number of aromatic nitrogens is 1. The number of pyridine rings is 1. The molecular formula is C16H17FN2O5S. The van der Waals surface area contributed by atoms with Gasteiger partial charge in [0, 0.05) is 12.5 Å². The number of benzene rings is 1. The molecule has 1 atom stereocenters. The average molecular weight is 368 g/mol. The number of hydrogen-bond acceptors (Lipinski definition) is 6. The van der Waals surface area contributed by atoms with Crippen LogP contribution in [-0.2, 0) is 6.42 Å². The fraction of sp³-hybridized carbons (Fsp3) is 0.250. The predicted octanol–water partition coefficient (Wildman–Crippen LogP) is 3.40. The number of anilines is 1. The summed E-state index contributed by atoms with van der Waals surface area (Å²) in [5.41, 5.74) is 0.193. The summed E-state index contributed by atoms with van der Waals surface area (Å²) in [5.74, 6) is -1.74. The van der Waals surface area contributed by atoms with E-state index in [4.69, 9.17) is 9.84 Å². The third-order valence-corrected chi connectivity index (χ3v) is 6.07. The van der Waals surface area contributed by atoms with Crippen LogP contribution in [0.4, 0.5) is 10.1 Å². The molecule has 0 saturated carbocycles. The van der Waals surface area contributed by atoms with Crippen molar-refractivity contribution in [2.75, 3.05) is 11.4 Å². The molecule has 0 fully saturated rings. The number of ether oxygens (including phenoxy) is 1. The molecule has 3 N–H and O–H groups in total. The minimum Gasteiger partial charge on any atom is -0.481 e. The Kier molecular flexibility index (Phi) is 4.31. The van der Waals surface area contributed by atoms with Crippen LogP contribution in [0.2, 0.25) is 0 Å². The lowest BCUT2D eigenvalue weighted by molar-refractivity contribution is 0.0696. The Morgan fingerprint density at radius 2 is 2.08 bits per heavy atom. The highest BCUT2D eigenvalue weighted by Crippen LogP contribution is 2.59. The topological polar surface area (TPSA) is 103 Å². The van der Waals surface area contributed by atoms with Crippen LogP contribution in [0.5, 0.6) is 5.88 Å². The standard InChI is InChI=1S/C16H17FN2O5S/c1-9-7-12-14(5-6-15(18-12)24-2)25(22,23)19(9)13-4-3-10(16(20)21)8-11(13)17/h3-6,8-9,22-23H,7H2,1-2H3,(H,20,21). The van der Waals surface area contributed by atoms with E-state index in [0.29, 0.717) is 18.0 Å². The third-order valence-electron chi connectivity index (χ3n) is 4.01. The van der Waals surface area contributed by atoms with Gasteiger partial charge < -0.3 is 9.84 Å². The Bertz CT molecular complexity index is 845. The predicted molar refractivity (Wildman–Crippen MR) is 90.9 cm³/mol. The molecule has 25 heavy (non-hydrogen) atoms. The first kappa shape index (κ1) is 17.5. The number of methoxy groups -OCH3 is 1. The summed E-state index contributed by atoms with van der Waals surface area (Å²) in [5, 5.41) is 8.95. The molecule has 1 unspecified atom stereocenters. The summed E-state index contributed by atoms with van der Waals surface area (Å²) in [4.78, 5) is 15.4. The van der Waals surface area contributed by atoms with Crippen molar-refractivity contribution in [2.24, 2.45) is 0 Å². The summed E-state index contributed by atoms with van der Waals surface area (Å²) in [6.07, 6.45) is 0.350. The van der Waals surface area contributed by atoms with Crippen LogP contribution < -0.4 is 9.04 Å². The first-order chi connectivity index (χ1) is 11.8. The Morgan fingerprint density at radius 3 is 2.68 bits per heavy atom. The average Bonchev–Trinajstić information content (AvgIpc) is 2.55. The molecule has 0 amide bonds. The van der Waals surface area contributed by atoms with Gasteiger partial charge in [0.25, 0.3) is 0 Å². The summed E-state index contributed by atoms with van der Waals surface area (Å²) >= 11 is 0. The van der Waals surface area contributed by atoms with Crippen molar-refractivity contribution >= 4 is 22.4 Å². The molecule has 0 saturated heterocycles. The maximum absolute atomic E-state index is 14.5. The number of carboxylic acid groups (broad SMARTS) is 1. The molecule has 1 aliphatic rings. The highest BCUT2D eigenvalue weighted by Gasteiger charge is 2.39. The fourth-order valence-corrected chi connectivity index (χ4v) is 4.80. The van der Waals surface area contributed by atoms with Crippen molar-refractivity contribution in [3.63, 3.8) is 0 Å². The second-order valence-corrected chi connectivity index (χ2v) is 7.54. The maximum atomic E-state index is 14.5. The lowest BCUT2D eigenvalue weighted by atomic mass is 10.1. The van der Waals surface area contributed by atoms with Crippen molar-refractivity contribution in [1.82, 2.24) is 4.98 Å². The zero-order valence-electron chi connectivity index (χ0n) is 13.5. The normalized spacial score (nSPS) is 19.9. The zero-order valence-corrected chi connectivity index (χ0v) is 14.3. The third kappa shape index (κ3) is 2.90. The Hall–Kier alpha value is -2.36. The maximum Gasteiger partial charge on any atom is 0.335 e. The van der Waals surface area contributed by atoms with Gasteiger partial charge in [-0.1, -0.05) is 10.8 Å². The summed E-state index contributed by atoms with van der Waals surface area (Å²) in [7, 11) is -2.07. The van der Waals surface area contributed by atoms with Crippen molar-refractivity contribution in [3.8, 4) is 5.88 Å². The lowest BCUT2D eigenvalue weighted by Crippen LogP contribution is -2.42. The molecule has 2 aromatic rings. The van der Waals surface area contributed by atoms with Gasteiger partial charge in [0.05, 0.1) is 30.1 Å². The van der Waals surface area contributed by atoms with Gasteiger partial charge in [0.2, 0.25) is 5.88 Å². The molecule has 0 spiro atoms. The summed E-state index contributed by atoms with van der Waals surface area (Å²) < 4.78 is 42.3. The Balaban J connectivity index is 2.09. The number of carboxylic acids is 1. The van der Waals surface area contributed by atoms with E-state index in [0.717, 1.165) is 6.07 Å². The molecule has 3 rings (SSSR count). The van der Waals surface area contributed by atoms with Gasteiger partial charge in [-0.25, -0.2) is 14.2 Å². The van der Waals surface area contributed by atoms with Crippen LogP contribution >= 0.6 is 10.8 Å². The van der Waals surface area contributed by atoms with Crippen molar-refractivity contribution in [1.29, 1.82) is 0 Å². The number of rotatable bonds is 3. The molecule has 1 aliphatic heterocycles. The number of nitrogens with zero attached hydrogens (tertiary/aromatic N) is 2. The van der Waals surface area contributed by atoms with Crippen molar-refractivity contribution in [2.45, 2.75) is 24.3 Å². The largest absolute Gasteiger partial charge is 0.481 e. The SMILES string of the molecule is COc1ccc2c(n1)CC(C)N(c1ccc(C(=O)O)cc1F)S2(O)O. The van der Waals surface area contributed by atoms with Crippen LogP contribution in [0, 0.1) is 5.82 Å². The van der Waals surface area contributed by atoms with E-state index >= 15 is 0 Å². The van der Waals surface area contributed by atoms with Gasteiger partial charge in [-0.15, -0.1) is 0 Å². The molecule has 134 valence electrons. The van der Waals surface area contributed by atoms with E-state index in [-0.39, 0.29) is 16.1 Å². The molecule has 0 radical (unpaired) electrons. The highest BCUT2D eigenvalue weighted by molar-refractivity contribution is 8.25. The molecule has 1 aromatic carbocycles. The second-order valence-electron chi connectivity index (χ2n) is 5.67. The smallest absolute Gasteiger partial charge is 0.335 e. The van der Waals surface area contributed by atoms with E-state index in [1.54, 1.807) is 6.92 Å². The van der Waals surface area contributed by atoms with Gasteiger partial charge in [-0.2, -0.15) is 0 Å². The Labute approximate surface area is 145 Å². The van der Waals surface area contributed by atoms with Crippen LogP contribution in [-0.4, -0.2) is 38.3 Å². The van der Waals surface area contributed by atoms with E-state index in [1.165, 1.54) is 35.7 Å². The van der Waals surface area contributed by atoms with Crippen LogP contribution in [0.15, 0.2) is 35.2 Å². The molecule has 0 bridgehead atoms. The monoisotopic (exact) mass is 368 g/mol. The van der Waals surface area contributed by atoms with Gasteiger partial charge in [0.15, 0.2) is 0 Å². The Morgan fingerprint density at radius 1 is 1.36 bits per heavy atom. The summed E-state index contributed by atoms with van der Waals surface area (Å²) in [6.45, 7) is 1.71. The number of aromatic carboxylic acids is 1. The lowest BCUT2D eigenvalue weighted by Gasteiger charge is -2.50. The van der Waals surface area contributed by atoms with Gasteiger partial charge in [-0.05, 0) is 31.2 Å². The molecule has 9 heteroatoms. The molecule has 2 heterocycles. The number of hydrogen-bond donors (Lipinski definition) is 3. The first-order valence-electron chi connectivity index (χ1n) is 7.40. The first-order valence-corrected chi connectivity index (χ1v) is 8.90. The molecule has 7 nitrogen and oxygen atoms in total. The van der Waals surface area contributed by atoms with E-state index < -0.39 is 28.6 Å². The zero-order chi connectivity index (χ0) is 18.4. The van der Waals surface area contributed by atoms with Gasteiger partial charge in [-0.3, -0.25) is 13.4 Å². The number of fused-ring (bicyclic) bond motifs is 1. The molecule has 1 aromatic heterocycles. The minimum absolute atomic E-state index is 0.0704. The number of halogens is 1. The van der Waals surface area contributed by atoms with Crippen molar-refractivity contribution in [3.05, 3.63) is 47.4 Å². The van der Waals surface area contributed by atoms with Gasteiger partial charge >= 0.3 is 5.97 Å². The minimum atomic E-state index is -3.54. The van der Waals surface area contributed by atoms with E-state index in [9.17, 15) is 18.3 Å². The highest BCUT2D eigenvalue weighted by atomic mass is 32.3.